The molecule has 10 heteroatoms. The summed E-state index contributed by atoms with van der Waals surface area (Å²) in [6, 6.07) is 13.3. The molecule has 1 heterocycles. The van der Waals surface area contributed by atoms with Gasteiger partial charge >= 0.3 is 0 Å². The number of amides is 2. The van der Waals surface area contributed by atoms with Crippen LogP contribution in [0.3, 0.4) is 0 Å². The first kappa shape index (κ1) is 25.3. The van der Waals surface area contributed by atoms with Gasteiger partial charge < -0.3 is 25.2 Å². The standard InChI is InChI=1S/C28H23ClFN3O5/c1-15-11-21(33-27(36)28(8-9-28)26(35)32-17-5-3-16(30)4-6-17)19(29)13-24(15)38-23-7-10-31-20-14-25(37-2)22(34)12-18(20)23/h3-7,10-14,34H,8-9H2,1-2H3,(H,32,35)(H,33,36). The Kier molecular flexibility index (Phi) is 6.54. The fourth-order valence-corrected chi connectivity index (χ4v) is 4.29. The van der Waals surface area contributed by atoms with Crippen molar-refractivity contribution < 1.29 is 28.6 Å². The summed E-state index contributed by atoms with van der Waals surface area (Å²) >= 11 is 6.49. The number of aromatic hydroxyl groups is 1. The lowest BCUT2D eigenvalue weighted by molar-refractivity contribution is -0.131. The number of phenolic OH excluding ortho intramolecular Hbond substituents is 1. The molecule has 3 N–H and O–H groups in total. The first-order valence-corrected chi connectivity index (χ1v) is 12.1. The van der Waals surface area contributed by atoms with Crippen LogP contribution < -0.4 is 20.1 Å². The number of methoxy groups -OCH3 is 1. The third-order valence-corrected chi connectivity index (χ3v) is 6.77. The van der Waals surface area contributed by atoms with E-state index in [0.29, 0.717) is 57.9 Å². The molecule has 1 aliphatic carbocycles. The second kappa shape index (κ2) is 9.83. The maximum Gasteiger partial charge on any atom is 0.240 e. The highest BCUT2D eigenvalue weighted by atomic mass is 35.5. The number of hydrogen-bond acceptors (Lipinski definition) is 6. The van der Waals surface area contributed by atoms with Crippen molar-refractivity contribution in [3.8, 4) is 23.0 Å². The number of phenols is 1. The lowest BCUT2D eigenvalue weighted by Crippen LogP contribution is -2.35. The van der Waals surface area contributed by atoms with E-state index in [9.17, 15) is 19.1 Å². The molecule has 38 heavy (non-hydrogen) atoms. The van der Waals surface area contributed by atoms with Crippen LogP contribution in [-0.4, -0.2) is 29.0 Å². The Hall–Kier alpha value is -4.37. The van der Waals surface area contributed by atoms with Crippen LogP contribution in [0, 0.1) is 18.2 Å². The van der Waals surface area contributed by atoms with Gasteiger partial charge in [0.15, 0.2) is 11.5 Å². The Morgan fingerprint density at radius 3 is 2.39 bits per heavy atom. The third-order valence-electron chi connectivity index (χ3n) is 6.46. The van der Waals surface area contributed by atoms with E-state index in [4.69, 9.17) is 21.1 Å². The maximum atomic E-state index is 13.2. The summed E-state index contributed by atoms with van der Waals surface area (Å²) in [5, 5.41) is 16.4. The summed E-state index contributed by atoms with van der Waals surface area (Å²) in [6.45, 7) is 1.79. The van der Waals surface area contributed by atoms with Gasteiger partial charge in [-0.25, -0.2) is 4.39 Å². The Labute approximate surface area is 222 Å². The molecule has 0 spiro atoms. The molecule has 4 aromatic rings. The van der Waals surface area contributed by atoms with Gasteiger partial charge in [0.1, 0.15) is 22.7 Å². The predicted octanol–water partition coefficient (Wildman–Crippen LogP) is 6.20. The number of aryl methyl sites for hydroxylation is 1. The molecule has 1 fully saturated rings. The minimum atomic E-state index is -1.22. The van der Waals surface area contributed by atoms with Crippen molar-refractivity contribution >= 4 is 45.7 Å². The first-order valence-electron chi connectivity index (χ1n) is 11.7. The van der Waals surface area contributed by atoms with Gasteiger partial charge in [-0.3, -0.25) is 14.6 Å². The smallest absolute Gasteiger partial charge is 0.240 e. The number of halogens is 2. The van der Waals surface area contributed by atoms with E-state index in [-0.39, 0.29) is 10.8 Å². The Morgan fingerprint density at radius 1 is 1.00 bits per heavy atom. The number of aromatic nitrogens is 1. The zero-order valence-electron chi connectivity index (χ0n) is 20.5. The van der Waals surface area contributed by atoms with Crippen molar-refractivity contribution in [3.63, 3.8) is 0 Å². The van der Waals surface area contributed by atoms with Crippen LogP contribution in [0.5, 0.6) is 23.0 Å². The summed E-state index contributed by atoms with van der Waals surface area (Å²) in [5.41, 5.74) is 0.761. The highest BCUT2D eigenvalue weighted by Gasteiger charge is 2.56. The molecule has 0 saturated heterocycles. The predicted molar refractivity (Wildman–Crippen MR) is 142 cm³/mol. The Morgan fingerprint density at radius 2 is 1.71 bits per heavy atom. The second-order valence-electron chi connectivity index (χ2n) is 9.05. The van der Waals surface area contributed by atoms with E-state index in [0.717, 1.165) is 0 Å². The minimum Gasteiger partial charge on any atom is -0.504 e. The van der Waals surface area contributed by atoms with Crippen LogP contribution in [0.15, 0.2) is 60.8 Å². The molecule has 0 aliphatic heterocycles. The molecule has 3 aromatic carbocycles. The largest absolute Gasteiger partial charge is 0.504 e. The molecule has 0 unspecified atom stereocenters. The molecule has 1 saturated carbocycles. The zero-order valence-corrected chi connectivity index (χ0v) is 21.2. The molecule has 1 aromatic heterocycles. The molecule has 8 nitrogen and oxygen atoms in total. The van der Waals surface area contributed by atoms with Gasteiger partial charge in [-0.2, -0.15) is 0 Å². The number of benzene rings is 3. The molecule has 0 radical (unpaired) electrons. The normalized spacial score (nSPS) is 13.6. The van der Waals surface area contributed by atoms with Gasteiger partial charge in [-0.05, 0) is 67.8 Å². The topological polar surface area (TPSA) is 110 Å². The van der Waals surface area contributed by atoms with Gasteiger partial charge in [0.2, 0.25) is 11.8 Å². The Balaban J connectivity index is 1.34. The average Bonchev–Trinajstić information content (AvgIpc) is 3.71. The van der Waals surface area contributed by atoms with Crippen molar-refractivity contribution in [2.75, 3.05) is 17.7 Å². The van der Waals surface area contributed by atoms with E-state index in [1.54, 1.807) is 37.4 Å². The summed E-state index contributed by atoms with van der Waals surface area (Å²) in [4.78, 5) is 30.2. The number of nitrogens with one attached hydrogen (secondary N) is 2. The molecule has 5 rings (SSSR count). The lowest BCUT2D eigenvalue weighted by atomic mass is 10.0. The van der Waals surface area contributed by atoms with Crippen LogP contribution in [0.2, 0.25) is 5.02 Å². The van der Waals surface area contributed by atoms with E-state index in [2.05, 4.69) is 15.6 Å². The van der Waals surface area contributed by atoms with Gasteiger partial charge in [-0.15, -0.1) is 0 Å². The molecular formula is C28H23ClFN3O5. The fourth-order valence-electron chi connectivity index (χ4n) is 4.08. The number of nitrogens with zero attached hydrogens (tertiary/aromatic N) is 1. The van der Waals surface area contributed by atoms with Gasteiger partial charge in [0, 0.05) is 29.4 Å². The number of anilines is 2. The fraction of sp³-hybridized carbons (Fsp3) is 0.179. The number of fused-ring (bicyclic) bond motifs is 1. The highest BCUT2D eigenvalue weighted by Crippen LogP contribution is 2.48. The van der Waals surface area contributed by atoms with E-state index < -0.39 is 23.0 Å². The van der Waals surface area contributed by atoms with Gasteiger partial charge in [-0.1, -0.05) is 11.6 Å². The maximum absolute atomic E-state index is 13.2. The summed E-state index contributed by atoms with van der Waals surface area (Å²) in [5.74, 6) is -0.237. The van der Waals surface area contributed by atoms with Crippen LogP contribution in [0.4, 0.5) is 15.8 Å². The van der Waals surface area contributed by atoms with Crippen molar-refractivity contribution in [1.29, 1.82) is 0 Å². The Bertz CT molecular complexity index is 1570. The first-order chi connectivity index (χ1) is 18.2. The van der Waals surface area contributed by atoms with E-state index >= 15 is 0 Å². The summed E-state index contributed by atoms with van der Waals surface area (Å²) in [6.07, 6.45) is 2.35. The lowest BCUT2D eigenvalue weighted by Gasteiger charge is -2.18. The number of carbonyl (C=O) groups is 2. The molecular weight excluding hydrogens is 513 g/mol. The number of hydrogen-bond donors (Lipinski definition) is 3. The van der Waals surface area contributed by atoms with Crippen molar-refractivity contribution in [3.05, 3.63) is 77.2 Å². The number of pyridine rings is 1. The number of carbonyl (C=O) groups excluding carboxylic acids is 2. The molecule has 2 amide bonds. The number of ether oxygens (including phenoxy) is 2. The van der Waals surface area contributed by atoms with Gasteiger partial charge in [0.25, 0.3) is 0 Å². The summed E-state index contributed by atoms with van der Waals surface area (Å²) in [7, 11) is 1.45. The van der Waals surface area contributed by atoms with Gasteiger partial charge in [0.05, 0.1) is 23.3 Å². The molecule has 0 atom stereocenters. The number of rotatable bonds is 7. The van der Waals surface area contributed by atoms with E-state index in [1.807, 2.05) is 0 Å². The third kappa shape index (κ3) is 4.80. The SMILES string of the molecule is COc1cc2nccc(Oc3cc(Cl)c(NC(=O)C4(C(=O)Nc5ccc(F)cc5)CC4)cc3C)c2cc1O. The van der Waals surface area contributed by atoms with Crippen molar-refractivity contribution in [2.45, 2.75) is 19.8 Å². The highest BCUT2D eigenvalue weighted by molar-refractivity contribution is 6.34. The molecule has 1 aliphatic rings. The van der Waals surface area contributed by atoms with Crippen LogP contribution in [0.25, 0.3) is 10.9 Å². The van der Waals surface area contributed by atoms with Crippen LogP contribution in [-0.2, 0) is 9.59 Å². The quantitative estimate of drug-likeness (QED) is 0.243. The minimum absolute atomic E-state index is 0.0527. The molecule has 194 valence electrons. The molecule has 0 bridgehead atoms. The van der Waals surface area contributed by atoms with Crippen molar-refractivity contribution in [1.82, 2.24) is 4.98 Å². The monoisotopic (exact) mass is 535 g/mol. The van der Waals surface area contributed by atoms with Crippen LogP contribution in [0.1, 0.15) is 18.4 Å². The zero-order chi connectivity index (χ0) is 27.0. The summed E-state index contributed by atoms with van der Waals surface area (Å²) < 4.78 is 24.4. The van der Waals surface area contributed by atoms with Crippen LogP contribution >= 0.6 is 11.6 Å². The second-order valence-corrected chi connectivity index (χ2v) is 9.45. The van der Waals surface area contributed by atoms with Crippen molar-refractivity contribution in [2.24, 2.45) is 5.41 Å². The average molecular weight is 536 g/mol. The van der Waals surface area contributed by atoms with E-state index in [1.165, 1.54) is 37.4 Å².